The first kappa shape index (κ1) is 12.6. The van der Waals surface area contributed by atoms with Crippen LogP contribution in [-0.4, -0.2) is 56.7 Å². The molecular formula is C9H15N5O4. The van der Waals surface area contributed by atoms with Gasteiger partial charge in [-0.3, -0.25) is 9.78 Å². The van der Waals surface area contributed by atoms with Crippen molar-refractivity contribution < 1.29 is 15.3 Å². The molecule has 1 aromatic rings. The highest BCUT2D eigenvalue weighted by atomic mass is 16.4. The summed E-state index contributed by atoms with van der Waals surface area (Å²) in [6.45, 7) is -0.330. The molecule has 0 aliphatic carbocycles. The number of fused-ring (bicyclic) bond motifs is 1. The van der Waals surface area contributed by atoms with Crippen molar-refractivity contribution in [2.24, 2.45) is 0 Å². The standard InChI is InChI=1S/C9H15N5O4/c10-9-13-7-5(8(18)14-9)12-3(1-11-7)6(17)4(16)2-15/h3-4,6,12,15-17H,1-2H2,(H4,10,11,13,14,18)/t3-,4+,6+/m0/s1. The van der Waals surface area contributed by atoms with Gasteiger partial charge < -0.3 is 31.7 Å². The fraction of sp³-hybridized carbons (Fsp3) is 0.556. The van der Waals surface area contributed by atoms with Crippen molar-refractivity contribution in [2.45, 2.75) is 18.2 Å². The van der Waals surface area contributed by atoms with Crippen molar-refractivity contribution >= 4 is 17.5 Å². The van der Waals surface area contributed by atoms with Crippen LogP contribution in [0.4, 0.5) is 17.5 Å². The van der Waals surface area contributed by atoms with E-state index in [2.05, 4.69) is 20.6 Å². The molecule has 0 bridgehead atoms. The molecule has 1 aliphatic rings. The average molecular weight is 257 g/mol. The molecule has 100 valence electrons. The number of aromatic amines is 1. The maximum Gasteiger partial charge on any atom is 0.277 e. The van der Waals surface area contributed by atoms with E-state index in [-0.39, 0.29) is 24.0 Å². The summed E-state index contributed by atoms with van der Waals surface area (Å²) in [5, 5.41) is 33.5. The molecule has 0 aromatic carbocycles. The molecule has 9 nitrogen and oxygen atoms in total. The van der Waals surface area contributed by atoms with Gasteiger partial charge in [0.05, 0.1) is 12.6 Å². The minimum Gasteiger partial charge on any atom is -0.394 e. The highest BCUT2D eigenvalue weighted by Crippen LogP contribution is 2.21. The predicted molar refractivity (Wildman–Crippen MR) is 64.3 cm³/mol. The number of hydrogen-bond donors (Lipinski definition) is 7. The van der Waals surface area contributed by atoms with Gasteiger partial charge >= 0.3 is 0 Å². The topological polar surface area (TPSA) is 157 Å². The Kier molecular flexibility index (Phi) is 3.36. The van der Waals surface area contributed by atoms with Crippen LogP contribution in [0.3, 0.4) is 0 Å². The normalized spacial score (nSPS) is 21.4. The van der Waals surface area contributed by atoms with Crippen LogP contribution in [0.25, 0.3) is 0 Å². The largest absolute Gasteiger partial charge is 0.394 e. The molecule has 0 spiro atoms. The number of hydrogen-bond acceptors (Lipinski definition) is 8. The Labute approximate surface area is 102 Å². The first-order chi connectivity index (χ1) is 8.52. The molecule has 8 N–H and O–H groups in total. The van der Waals surface area contributed by atoms with Crippen LogP contribution in [0.15, 0.2) is 4.79 Å². The zero-order valence-corrected chi connectivity index (χ0v) is 9.42. The molecule has 2 heterocycles. The Morgan fingerprint density at radius 1 is 1.50 bits per heavy atom. The van der Waals surface area contributed by atoms with Gasteiger partial charge in [-0.2, -0.15) is 4.98 Å². The monoisotopic (exact) mass is 257 g/mol. The Morgan fingerprint density at radius 3 is 2.89 bits per heavy atom. The Morgan fingerprint density at radius 2 is 2.22 bits per heavy atom. The first-order valence-corrected chi connectivity index (χ1v) is 5.40. The van der Waals surface area contributed by atoms with E-state index in [1.54, 1.807) is 0 Å². The van der Waals surface area contributed by atoms with Gasteiger partial charge in [-0.25, -0.2) is 0 Å². The van der Waals surface area contributed by atoms with Gasteiger partial charge in [-0.1, -0.05) is 0 Å². The van der Waals surface area contributed by atoms with Gasteiger partial charge in [0, 0.05) is 6.54 Å². The number of nitrogen functional groups attached to an aromatic ring is 1. The summed E-state index contributed by atoms with van der Waals surface area (Å²) in [6.07, 6.45) is -2.50. The molecule has 2 rings (SSSR count). The van der Waals surface area contributed by atoms with Crippen molar-refractivity contribution in [2.75, 3.05) is 29.5 Å². The van der Waals surface area contributed by atoms with E-state index < -0.39 is 30.4 Å². The van der Waals surface area contributed by atoms with Crippen molar-refractivity contribution in [1.29, 1.82) is 0 Å². The summed E-state index contributed by atoms with van der Waals surface area (Å²) in [6, 6.07) is -0.619. The molecule has 1 aliphatic heterocycles. The van der Waals surface area contributed by atoms with Gasteiger partial charge in [0.1, 0.15) is 17.9 Å². The molecular weight excluding hydrogens is 242 g/mol. The molecule has 9 heteroatoms. The van der Waals surface area contributed by atoms with E-state index in [0.29, 0.717) is 0 Å². The van der Waals surface area contributed by atoms with Crippen LogP contribution in [0.1, 0.15) is 0 Å². The number of aliphatic hydroxyl groups is 3. The fourth-order valence-corrected chi connectivity index (χ4v) is 1.78. The third kappa shape index (κ3) is 2.23. The Bertz CT molecular complexity index is 490. The van der Waals surface area contributed by atoms with E-state index in [4.69, 9.17) is 10.8 Å². The zero-order chi connectivity index (χ0) is 13.3. The lowest BCUT2D eigenvalue weighted by molar-refractivity contribution is -0.0210. The summed E-state index contributed by atoms with van der Waals surface area (Å²) in [4.78, 5) is 17.8. The fourth-order valence-electron chi connectivity index (χ4n) is 1.78. The number of aliphatic hydroxyl groups excluding tert-OH is 3. The van der Waals surface area contributed by atoms with Crippen LogP contribution in [0.2, 0.25) is 0 Å². The minimum atomic E-state index is -1.29. The van der Waals surface area contributed by atoms with Crippen molar-refractivity contribution in [3.05, 3.63) is 10.4 Å². The van der Waals surface area contributed by atoms with E-state index in [9.17, 15) is 15.0 Å². The van der Waals surface area contributed by atoms with Crippen LogP contribution >= 0.6 is 0 Å². The maximum absolute atomic E-state index is 11.6. The summed E-state index contributed by atoms with van der Waals surface area (Å²) >= 11 is 0. The molecule has 1 aromatic heterocycles. The highest BCUT2D eigenvalue weighted by molar-refractivity contribution is 5.67. The number of nitrogens with zero attached hydrogens (tertiary/aromatic N) is 1. The van der Waals surface area contributed by atoms with E-state index in [1.165, 1.54) is 0 Å². The first-order valence-electron chi connectivity index (χ1n) is 5.40. The quantitative estimate of drug-likeness (QED) is 0.307. The molecule has 0 radical (unpaired) electrons. The lowest BCUT2D eigenvalue weighted by Gasteiger charge is -2.31. The third-order valence-electron chi connectivity index (χ3n) is 2.75. The smallest absolute Gasteiger partial charge is 0.277 e. The maximum atomic E-state index is 11.6. The zero-order valence-electron chi connectivity index (χ0n) is 9.42. The van der Waals surface area contributed by atoms with Crippen LogP contribution in [-0.2, 0) is 0 Å². The second-order valence-corrected chi connectivity index (χ2v) is 4.05. The molecule has 18 heavy (non-hydrogen) atoms. The van der Waals surface area contributed by atoms with Gasteiger partial charge in [0.2, 0.25) is 5.95 Å². The second kappa shape index (κ2) is 4.80. The SMILES string of the molecule is Nc1nc2c(c(=O)[nH]1)N[C@H]([C@@H](O)[C@H](O)CO)CN2. The van der Waals surface area contributed by atoms with Gasteiger partial charge in [0.25, 0.3) is 5.56 Å². The van der Waals surface area contributed by atoms with Gasteiger partial charge in [-0.05, 0) is 0 Å². The third-order valence-corrected chi connectivity index (χ3v) is 2.75. The summed E-state index contributed by atoms with van der Waals surface area (Å²) in [5.74, 6) is 0.278. The number of rotatable bonds is 3. The van der Waals surface area contributed by atoms with E-state index in [0.717, 1.165) is 0 Å². The summed E-state index contributed by atoms with van der Waals surface area (Å²) in [7, 11) is 0. The predicted octanol–water partition coefficient (Wildman–Crippen LogP) is -2.73. The molecule has 3 atom stereocenters. The second-order valence-electron chi connectivity index (χ2n) is 4.05. The minimum absolute atomic E-state index is 0.0116. The average Bonchev–Trinajstić information content (AvgIpc) is 2.36. The molecule has 0 unspecified atom stereocenters. The molecule has 0 saturated carbocycles. The number of nitrogens with one attached hydrogen (secondary N) is 3. The van der Waals surface area contributed by atoms with E-state index >= 15 is 0 Å². The van der Waals surface area contributed by atoms with Crippen molar-refractivity contribution in [3.63, 3.8) is 0 Å². The lowest BCUT2D eigenvalue weighted by atomic mass is 10.0. The summed E-state index contributed by atoms with van der Waals surface area (Å²) < 4.78 is 0. The summed E-state index contributed by atoms with van der Waals surface area (Å²) in [5.41, 5.74) is 5.06. The van der Waals surface area contributed by atoms with Gasteiger partial charge in [0.15, 0.2) is 5.82 Å². The number of aromatic nitrogens is 2. The molecule has 0 amide bonds. The van der Waals surface area contributed by atoms with Gasteiger partial charge in [-0.15, -0.1) is 0 Å². The molecule has 0 saturated heterocycles. The number of H-pyrrole nitrogens is 1. The molecule has 0 fully saturated rings. The Balaban J connectivity index is 2.22. The van der Waals surface area contributed by atoms with Crippen molar-refractivity contribution in [3.8, 4) is 0 Å². The number of anilines is 3. The number of nitrogens with two attached hydrogens (primary N) is 1. The Hall–Kier alpha value is -1.84. The highest BCUT2D eigenvalue weighted by Gasteiger charge is 2.30. The van der Waals surface area contributed by atoms with Crippen LogP contribution < -0.4 is 21.9 Å². The van der Waals surface area contributed by atoms with Crippen LogP contribution in [0, 0.1) is 0 Å². The van der Waals surface area contributed by atoms with Crippen molar-refractivity contribution in [1.82, 2.24) is 9.97 Å². The van der Waals surface area contributed by atoms with Crippen LogP contribution in [0.5, 0.6) is 0 Å². The van der Waals surface area contributed by atoms with E-state index in [1.807, 2.05) is 0 Å². The lowest BCUT2D eigenvalue weighted by Crippen LogP contribution is -2.50.